The Morgan fingerprint density at radius 3 is 2.41 bits per heavy atom. The maximum atomic E-state index is 6.12. The first-order valence-corrected chi connectivity index (χ1v) is 6.94. The molecule has 96 valence electrons. The predicted molar refractivity (Wildman–Crippen MR) is 76.6 cm³/mol. The fourth-order valence-electron chi connectivity index (χ4n) is 2.19. The van der Waals surface area contributed by atoms with E-state index in [4.69, 9.17) is 11.6 Å². The van der Waals surface area contributed by atoms with Gasteiger partial charge in [-0.3, -0.25) is 0 Å². The lowest BCUT2D eigenvalue weighted by molar-refractivity contribution is 0.353. The van der Waals surface area contributed by atoms with Gasteiger partial charge in [0.1, 0.15) is 0 Å². The first-order valence-electron chi connectivity index (χ1n) is 6.56. The average Bonchev–Trinajstić information content (AvgIpc) is 2.32. The van der Waals surface area contributed by atoms with Crippen molar-refractivity contribution in [1.82, 2.24) is 5.32 Å². The van der Waals surface area contributed by atoms with Gasteiger partial charge in [0.05, 0.1) is 0 Å². The molecule has 0 aromatic heterocycles. The summed E-state index contributed by atoms with van der Waals surface area (Å²) in [4.78, 5) is 0. The Balaban J connectivity index is 2.52. The average molecular weight is 254 g/mol. The van der Waals surface area contributed by atoms with Gasteiger partial charge in [0.2, 0.25) is 0 Å². The van der Waals surface area contributed by atoms with Crippen molar-refractivity contribution in [3.05, 3.63) is 34.3 Å². The van der Waals surface area contributed by atoms with Gasteiger partial charge in [-0.05, 0) is 37.0 Å². The van der Waals surface area contributed by atoms with Gasteiger partial charge in [0, 0.05) is 17.6 Å². The maximum absolute atomic E-state index is 6.12. The monoisotopic (exact) mass is 253 g/mol. The van der Waals surface area contributed by atoms with Crippen LogP contribution >= 0.6 is 11.6 Å². The van der Waals surface area contributed by atoms with E-state index in [1.807, 2.05) is 6.92 Å². The summed E-state index contributed by atoms with van der Waals surface area (Å²) in [5, 5.41) is 4.45. The molecule has 0 saturated carbocycles. The minimum Gasteiger partial charge on any atom is -0.310 e. The summed E-state index contributed by atoms with van der Waals surface area (Å²) >= 11 is 6.12. The van der Waals surface area contributed by atoms with Crippen LogP contribution in [0.1, 0.15) is 44.7 Å². The maximum Gasteiger partial charge on any atom is 0.0438 e. The molecule has 1 unspecified atom stereocenters. The molecule has 1 rings (SSSR count). The quantitative estimate of drug-likeness (QED) is 0.784. The highest BCUT2D eigenvalue weighted by atomic mass is 35.5. The van der Waals surface area contributed by atoms with E-state index in [0.29, 0.717) is 6.04 Å². The summed E-state index contributed by atoms with van der Waals surface area (Å²) in [6.45, 7) is 9.72. The Labute approximate surface area is 111 Å². The fraction of sp³-hybridized carbons (Fsp3) is 0.600. The molecule has 0 heterocycles. The second-order valence-electron chi connectivity index (χ2n) is 4.83. The van der Waals surface area contributed by atoms with Crippen LogP contribution in [0.4, 0.5) is 0 Å². The zero-order valence-electron chi connectivity index (χ0n) is 11.4. The molecule has 1 atom stereocenters. The normalized spacial score (nSPS) is 13.1. The topological polar surface area (TPSA) is 12.0 Å². The highest BCUT2D eigenvalue weighted by molar-refractivity contribution is 6.31. The molecule has 0 bridgehead atoms. The molecule has 1 aromatic carbocycles. The van der Waals surface area contributed by atoms with E-state index >= 15 is 0 Å². The second-order valence-corrected chi connectivity index (χ2v) is 5.24. The van der Waals surface area contributed by atoms with E-state index in [1.165, 1.54) is 18.4 Å². The highest BCUT2D eigenvalue weighted by Gasteiger charge is 2.12. The molecule has 0 amide bonds. The van der Waals surface area contributed by atoms with Gasteiger partial charge in [-0.2, -0.15) is 0 Å². The fourth-order valence-corrected chi connectivity index (χ4v) is 2.39. The number of halogens is 1. The molecule has 17 heavy (non-hydrogen) atoms. The van der Waals surface area contributed by atoms with Crippen LogP contribution in [0.3, 0.4) is 0 Å². The predicted octanol–water partition coefficient (Wildman–Crippen LogP) is 4.56. The Hall–Kier alpha value is -0.530. The third-order valence-electron chi connectivity index (χ3n) is 3.62. The van der Waals surface area contributed by atoms with Gasteiger partial charge < -0.3 is 5.32 Å². The van der Waals surface area contributed by atoms with Crippen LogP contribution in [0.25, 0.3) is 0 Å². The molecule has 0 aliphatic heterocycles. The van der Waals surface area contributed by atoms with Crippen LogP contribution in [0.2, 0.25) is 5.02 Å². The van der Waals surface area contributed by atoms with Crippen molar-refractivity contribution in [2.75, 3.05) is 0 Å². The largest absolute Gasteiger partial charge is 0.310 e. The van der Waals surface area contributed by atoms with Crippen LogP contribution in [0, 0.1) is 12.8 Å². The van der Waals surface area contributed by atoms with Crippen LogP contribution in [-0.2, 0) is 6.54 Å². The van der Waals surface area contributed by atoms with E-state index < -0.39 is 0 Å². The SMILES string of the molecule is CCC(CC)C(C)NCc1ccc(C)c(Cl)c1. The molecular formula is C15H24ClN. The minimum atomic E-state index is 0.560. The number of nitrogens with one attached hydrogen (secondary N) is 1. The van der Waals surface area contributed by atoms with E-state index in [9.17, 15) is 0 Å². The molecular weight excluding hydrogens is 230 g/mol. The smallest absolute Gasteiger partial charge is 0.0438 e. The van der Waals surface area contributed by atoms with Gasteiger partial charge in [0.15, 0.2) is 0 Å². The Morgan fingerprint density at radius 2 is 1.88 bits per heavy atom. The van der Waals surface area contributed by atoms with Crippen LogP contribution in [0.15, 0.2) is 18.2 Å². The standard InChI is InChI=1S/C15H24ClN/c1-5-14(6-2)12(4)17-10-13-8-7-11(3)15(16)9-13/h7-9,12,14,17H,5-6,10H2,1-4H3. The highest BCUT2D eigenvalue weighted by Crippen LogP contribution is 2.17. The van der Waals surface area contributed by atoms with Gasteiger partial charge in [-0.1, -0.05) is 50.4 Å². The van der Waals surface area contributed by atoms with Crippen LogP contribution in [0.5, 0.6) is 0 Å². The summed E-state index contributed by atoms with van der Waals surface area (Å²) in [7, 11) is 0. The number of hydrogen-bond donors (Lipinski definition) is 1. The first-order chi connectivity index (χ1) is 8.08. The van der Waals surface area contributed by atoms with Gasteiger partial charge in [-0.15, -0.1) is 0 Å². The number of benzene rings is 1. The Morgan fingerprint density at radius 1 is 1.24 bits per heavy atom. The first kappa shape index (κ1) is 14.5. The molecule has 2 heteroatoms. The lowest BCUT2D eigenvalue weighted by atomic mass is 9.95. The van der Waals surface area contributed by atoms with Gasteiger partial charge in [-0.25, -0.2) is 0 Å². The summed E-state index contributed by atoms with van der Waals surface area (Å²) in [5.74, 6) is 0.760. The van der Waals surface area contributed by atoms with Crippen LogP contribution in [-0.4, -0.2) is 6.04 Å². The van der Waals surface area contributed by atoms with Crippen LogP contribution < -0.4 is 5.32 Å². The molecule has 0 aliphatic carbocycles. The van der Waals surface area contributed by atoms with E-state index in [-0.39, 0.29) is 0 Å². The summed E-state index contributed by atoms with van der Waals surface area (Å²) in [6, 6.07) is 6.85. The third-order valence-corrected chi connectivity index (χ3v) is 4.03. The van der Waals surface area contributed by atoms with Gasteiger partial charge in [0.25, 0.3) is 0 Å². The van der Waals surface area contributed by atoms with Crippen molar-refractivity contribution >= 4 is 11.6 Å². The lowest BCUT2D eigenvalue weighted by Gasteiger charge is -2.22. The summed E-state index contributed by atoms with van der Waals surface area (Å²) < 4.78 is 0. The number of aryl methyl sites for hydroxylation is 1. The van der Waals surface area contributed by atoms with Gasteiger partial charge >= 0.3 is 0 Å². The van der Waals surface area contributed by atoms with Crippen molar-refractivity contribution < 1.29 is 0 Å². The minimum absolute atomic E-state index is 0.560. The molecule has 0 aliphatic rings. The molecule has 0 fully saturated rings. The lowest BCUT2D eigenvalue weighted by Crippen LogP contribution is -2.32. The van der Waals surface area contributed by atoms with Crippen molar-refractivity contribution in [3.63, 3.8) is 0 Å². The molecule has 0 saturated heterocycles. The van der Waals surface area contributed by atoms with Crippen molar-refractivity contribution in [1.29, 1.82) is 0 Å². The van der Waals surface area contributed by atoms with Crippen molar-refractivity contribution in [2.24, 2.45) is 5.92 Å². The third kappa shape index (κ3) is 4.33. The molecule has 1 N–H and O–H groups in total. The summed E-state index contributed by atoms with van der Waals surface area (Å²) in [5.41, 5.74) is 2.40. The zero-order valence-corrected chi connectivity index (χ0v) is 12.1. The zero-order chi connectivity index (χ0) is 12.8. The van der Waals surface area contributed by atoms with Crippen molar-refractivity contribution in [3.8, 4) is 0 Å². The Bertz CT molecular complexity index is 345. The molecule has 0 radical (unpaired) electrons. The van der Waals surface area contributed by atoms with E-state index in [1.54, 1.807) is 0 Å². The second kappa shape index (κ2) is 7.03. The van der Waals surface area contributed by atoms with E-state index in [0.717, 1.165) is 23.0 Å². The molecule has 1 nitrogen and oxygen atoms in total. The molecule has 0 spiro atoms. The number of hydrogen-bond acceptors (Lipinski definition) is 1. The van der Waals surface area contributed by atoms with Crippen molar-refractivity contribution in [2.45, 2.75) is 53.1 Å². The van der Waals surface area contributed by atoms with E-state index in [2.05, 4.69) is 44.3 Å². The summed E-state index contributed by atoms with van der Waals surface area (Å²) in [6.07, 6.45) is 2.47. The number of rotatable bonds is 6. The molecule has 1 aromatic rings. The Kier molecular flexibility index (Phi) is 6.01.